The number of carbonyl (C=O) groups excluding carboxylic acids is 2. The van der Waals surface area contributed by atoms with Crippen molar-refractivity contribution in [3.63, 3.8) is 0 Å². The zero-order chi connectivity index (χ0) is 24.6. The number of hydrogen-bond donors (Lipinski definition) is 2. The van der Waals surface area contributed by atoms with Crippen molar-refractivity contribution in [3.8, 4) is 0 Å². The first-order chi connectivity index (χ1) is 17.0. The molecule has 4 aromatic carbocycles. The van der Waals surface area contributed by atoms with E-state index in [9.17, 15) is 9.59 Å². The van der Waals surface area contributed by atoms with Crippen molar-refractivity contribution in [2.75, 3.05) is 10.6 Å². The largest absolute Gasteiger partial charge is 0.326 e. The first-order valence-corrected chi connectivity index (χ1v) is 12.5. The molecule has 0 radical (unpaired) electrons. The fraction of sp³-hybridized carbons (Fsp3) is 0.0714. The molecular weight excluding hydrogens is 499 g/mol. The Bertz CT molecular complexity index is 1300. The van der Waals surface area contributed by atoms with Crippen LogP contribution in [-0.2, 0) is 16.0 Å². The maximum absolute atomic E-state index is 13.3. The van der Waals surface area contributed by atoms with E-state index in [2.05, 4.69) is 10.6 Å². The van der Waals surface area contributed by atoms with Crippen LogP contribution in [0.4, 0.5) is 11.4 Å². The quantitative estimate of drug-likeness (QED) is 0.234. The Balaban J connectivity index is 1.46. The molecule has 4 aromatic rings. The lowest BCUT2D eigenvalue weighted by Gasteiger charge is -2.18. The number of carbonyl (C=O) groups is 2. The number of rotatable bonds is 8. The summed E-state index contributed by atoms with van der Waals surface area (Å²) in [7, 11) is 0. The van der Waals surface area contributed by atoms with Crippen LogP contribution in [0.2, 0.25) is 10.0 Å². The van der Waals surface area contributed by atoms with E-state index in [4.69, 9.17) is 23.2 Å². The smallest absolute Gasteiger partial charge is 0.242 e. The fourth-order valence-corrected chi connectivity index (χ4v) is 4.91. The number of hydrogen-bond acceptors (Lipinski definition) is 3. The molecule has 176 valence electrons. The number of nitrogens with one attached hydrogen (secondary N) is 2. The van der Waals surface area contributed by atoms with Gasteiger partial charge in [0.2, 0.25) is 11.8 Å². The van der Waals surface area contributed by atoms with Gasteiger partial charge >= 0.3 is 0 Å². The summed E-state index contributed by atoms with van der Waals surface area (Å²) in [6.45, 7) is 0. The lowest BCUT2D eigenvalue weighted by Crippen LogP contribution is -2.19. The van der Waals surface area contributed by atoms with Gasteiger partial charge in [0.05, 0.1) is 17.1 Å². The molecule has 0 aliphatic carbocycles. The Morgan fingerprint density at radius 2 is 1.43 bits per heavy atom. The van der Waals surface area contributed by atoms with Gasteiger partial charge in [-0.25, -0.2) is 0 Å². The maximum Gasteiger partial charge on any atom is 0.242 e. The van der Waals surface area contributed by atoms with Crippen LogP contribution in [0.15, 0.2) is 108 Å². The summed E-state index contributed by atoms with van der Waals surface area (Å²) in [4.78, 5) is 26.5. The summed E-state index contributed by atoms with van der Waals surface area (Å²) >= 11 is 13.6. The van der Waals surface area contributed by atoms with E-state index in [1.807, 2.05) is 84.9 Å². The SMILES string of the molecule is O=C(Cc1ccccc1)Nc1ccc(SC(C(=O)Nc2ccc(Cl)cc2Cl)c2ccccc2)cc1. The van der Waals surface area contributed by atoms with Crippen LogP contribution >= 0.6 is 35.0 Å². The second kappa shape index (κ2) is 11.9. The van der Waals surface area contributed by atoms with Crippen molar-refractivity contribution >= 4 is 58.2 Å². The van der Waals surface area contributed by atoms with Crippen LogP contribution in [0.25, 0.3) is 0 Å². The summed E-state index contributed by atoms with van der Waals surface area (Å²) in [6, 6.07) is 31.5. The molecule has 0 aliphatic rings. The van der Waals surface area contributed by atoms with Crippen LogP contribution in [0.3, 0.4) is 0 Å². The first kappa shape index (κ1) is 24.9. The molecule has 0 aliphatic heterocycles. The second-order valence-corrected chi connectivity index (χ2v) is 9.78. The highest BCUT2D eigenvalue weighted by atomic mass is 35.5. The third kappa shape index (κ3) is 7.12. The lowest BCUT2D eigenvalue weighted by atomic mass is 10.1. The molecule has 0 bridgehead atoms. The van der Waals surface area contributed by atoms with Crippen molar-refractivity contribution in [2.24, 2.45) is 0 Å². The van der Waals surface area contributed by atoms with E-state index in [0.717, 1.165) is 16.0 Å². The molecule has 0 heterocycles. The normalized spacial score (nSPS) is 11.5. The van der Waals surface area contributed by atoms with E-state index < -0.39 is 5.25 Å². The predicted molar refractivity (Wildman–Crippen MR) is 145 cm³/mol. The van der Waals surface area contributed by atoms with Crippen molar-refractivity contribution in [2.45, 2.75) is 16.6 Å². The molecular formula is C28H22Cl2N2O2S. The number of benzene rings is 4. The van der Waals surface area contributed by atoms with Gasteiger partial charge in [-0.2, -0.15) is 0 Å². The van der Waals surface area contributed by atoms with Gasteiger partial charge in [0.15, 0.2) is 0 Å². The summed E-state index contributed by atoms with van der Waals surface area (Å²) < 4.78 is 0. The van der Waals surface area contributed by atoms with Gasteiger partial charge in [0.25, 0.3) is 0 Å². The molecule has 0 saturated carbocycles. The van der Waals surface area contributed by atoms with E-state index in [1.165, 1.54) is 11.8 Å². The minimum absolute atomic E-state index is 0.0852. The van der Waals surface area contributed by atoms with Gasteiger partial charge in [-0.3, -0.25) is 9.59 Å². The first-order valence-electron chi connectivity index (χ1n) is 10.9. The van der Waals surface area contributed by atoms with Crippen LogP contribution in [0.5, 0.6) is 0 Å². The monoisotopic (exact) mass is 520 g/mol. The number of amides is 2. The molecule has 4 nitrogen and oxygen atoms in total. The minimum atomic E-state index is -0.513. The average Bonchev–Trinajstić information content (AvgIpc) is 2.86. The molecule has 4 rings (SSSR count). The molecule has 0 fully saturated rings. The molecule has 2 amide bonds. The molecule has 1 atom stereocenters. The highest BCUT2D eigenvalue weighted by molar-refractivity contribution is 8.00. The van der Waals surface area contributed by atoms with Crippen molar-refractivity contribution in [1.29, 1.82) is 0 Å². The molecule has 7 heteroatoms. The van der Waals surface area contributed by atoms with Crippen LogP contribution < -0.4 is 10.6 Å². The van der Waals surface area contributed by atoms with Crippen molar-refractivity contribution in [1.82, 2.24) is 0 Å². The number of halogens is 2. The van der Waals surface area contributed by atoms with E-state index in [1.54, 1.807) is 18.2 Å². The van der Waals surface area contributed by atoms with E-state index in [0.29, 0.717) is 27.8 Å². The predicted octanol–water partition coefficient (Wildman–Crippen LogP) is 7.65. The summed E-state index contributed by atoms with van der Waals surface area (Å²) in [5, 5.41) is 6.18. The van der Waals surface area contributed by atoms with Gasteiger partial charge < -0.3 is 10.6 Å². The van der Waals surface area contributed by atoms with Gasteiger partial charge in [0, 0.05) is 15.6 Å². The highest BCUT2D eigenvalue weighted by Crippen LogP contribution is 2.37. The molecule has 0 saturated heterocycles. The average molecular weight is 521 g/mol. The van der Waals surface area contributed by atoms with Crippen molar-refractivity contribution in [3.05, 3.63) is 124 Å². The third-order valence-electron chi connectivity index (χ3n) is 5.13. The highest BCUT2D eigenvalue weighted by Gasteiger charge is 2.23. The van der Waals surface area contributed by atoms with E-state index in [-0.39, 0.29) is 11.8 Å². The molecule has 2 N–H and O–H groups in total. The Hall–Kier alpha value is -3.25. The Morgan fingerprint density at radius 3 is 2.09 bits per heavy atom. The Morgan fingerprint density at radius 1 is 0.771 bits per heavy atom. The lowest BCUT2D eigenvalue weighted by molar-refractivity contribution is -0.116. The van der Waals surface area contributed by atoms with Gasteiger partial charge in [0.1, 0.15) is 5.25 Å². The van der Waals surface area contributed by atoms with Gasteiger partial charge in [-0.15, -0.1) is 11.8 Å². The number of thioether (sulfide) groups is 1. The van der Waals surface area contributed by atoms with Crippen LogP contribution in [0, 0.1) is 0 Å². The summed E-state index contributed by atoms with van der Waals surface area (Å²) in [5.41, 5.74) is 3.01. The van der Waals surface area contributed by atoms with Crippen LogP contribution in [0.1, 0.15) is 16.4 Å². The topological polar surface area (TPSA) is 58.2 Å². The molecule has 35 heavy (non-hydrogen) atoms. The zero-order valence-corrected chi connectivity index (χ0v) is 20.9. The zero-order valence-electron chi connectivity index (χ0n) is 18.6. The third-order valence-corrected chi connectivity index (χ3v) is 6.94. The summed E-state index contributed by atoms with van der Waals surface area (Å²) in [5.74, 6) is -0.288. The maximum atomic E-state index is 13.3. The van der Waals surface area contributed by atoms with Crippen LogP contribution in [-0.4, -0.2) is 11.8 Å². The van der Waals surface area contributed by atoms with Crippen molar-refractivity contribution < 1.29 is 9.59 Å². The van der Waals surface area contributed by atoms with Gasteiger partial charge in [-0.1, -0.05) is 83.9 Å². The Labute approximate surface area is 218 Å². The molecule has 1 unspecified atom stereocenters. The molecule has 0 aromatic heterocycles. The second-order valence-electron chi connectivity index (χ2n) is 7.76. The molecule has 0 spiro atoms. The summed E-state index contributed by atoms with van der Waals surface area (Å²) in [6.07, 6.45) is 0.306. The minimum Gasteiger partial charge on any atom is -0.326 e. The standard InChI is InChI=1S/C28H22Cl2N2O2S/c29-21-11-16-25(24(30)18-21)32-28(34)27(20-9-5-2-6-10-20)35-23-14-12-22(13-15-23)31-26(33)17-19-7-3-1-4-8-19/h1-16,18,27H,17H2,(H,31,33)(H,32,34). The van der Waals surface area contributed by atoms with E-state index >= 15 is 0 Å². The fourth-order valence-electron chi connectivity index (χ4n) is 3.43. The van der Waals surface area contributed by atoms with Gasteiger partial charge in [-0.05, 0) is 53.6 Å². The Kier molecular flexibility index (Phi) is 8.48. The number of anilines is 2.